The molecule has 1 aromatic heterocycles. The van der Waals surface area contributed by atoms with Gasteiger partial charge in [-0.15, -0.1) is 0 Å². The molecule has 1 amide bonds. The van der Waals surface area contributed by atoms with Crippen LogP contribution in [0.15, 0.2) is 12.3 Å². The van der Waals surface area contributed by atoms with Crippen LogP contribution >= 0.6 is 11.6 Å². The van der Waals surface area contributed by atoms with E-state index in [1.807, 2.05) is 13.8 Å². The van der Waals surface area contributed by atoms with Gasteiger partial charge in [-0.1, -0.05) is 11.6 Å². The number of carbonyl (C=O) groups excluding carboxylic acids is 1. The Bertz CT molecular complexity index is 400. The third-order valence-corrected chi connectivity index (χ3v) is 2.38. The molecular weight excluding hydrogens is 245 g/mol. The molecule has 0 aromatic carbocycles. The van der Waals surface area contributed by atoms with Gasteiger partial charge in [0.1, 0.15) is 0 Å². The summed E-state index contributed by atoms with van der Waals surface area (Å²) >= 11 is 5.62. The van der Waals surface area contributed by atoms with Gasteiger partial charge in [0.25, 0.3) is 0 Å². The first kappa shape index (κ1) is 13.7. The number of pyridine rings is 1. The van der Waals surface area contributed by atoms with Gasteiger partial charge in [-0.3, -0.25) is 4.79 Å². The molecule has 1 N–H and O–H groups in total. The van der Waals surface area contributed by atoms with Gasteiger partial charge in [0.2, 0.25) is 5.91 Å². The second kappa shape index (κ2) is 6.39. The molecule has 0 unspecified atom stereocenters. The standard InChI is InChI=1S/C11H15ClFN3O/c1-3-14-10(17)7-16(4-2)11-9(13)5-8(12)6-15-11/h5-6H,3-4,7H2,1-2H3,(H,14,17). The second-order valence-electron chi connectivity index (χ2n) is 3.43. The Balaban J connectivity index is 2.82. The highest BCUT2D eigenvalue weighted by molar-refractivity contribution is 6.30. The SMILES string of the molecule is CCNC(=O)CN(CC)c1ncc(Cl)cc1F. The molecule has 17 heavy (non-hydrogen) atoms. The highest BCUT2D eigenvalue weighted by Crippen LogP contribution is 2.19. The summed E-state index contributed by atoms with van der Waals surface area (Å²) in [5.74, 6) is -0.544. The van der Waals surface area contributed by atoms with E-state index in [1.165, 1.54) is 12.3 Å². The van der Waals surface area contributed by atoms with E-state index in [0.717, 1.165) is 0 Å². The van der Waals surface area contributed by atoms with E-state index in [0.29, 0.717) is 13.1 Å². The third-order valence-electron chi connectivity index (χ3n) is 2.18. The molecule has 4 nitrogen and oxygen atoms in total. The Hall–Kier alpha value is -1.36. The number of halogens is 2. The van der Waals surface area contributed by atoms with E-state index in [4.69, 9.17) is 11.6 Å². The Morgan fingerprint density at radius 2 is 2.29 bits per heavy atom. The second-order valence-corrected chi connectivity index (χ2v) is 3.86. The number of aromatic nitrogens is 1. The first-order valence-electron chi connectivity index (χ1n) is 5.41. The van der Waals surface area contributed by atoms with Crippen molar-refractivity contribution in [2.75, 3.05) is 24.5 Å². The van der Waals surface area contributed by atoms with Crippen LogP contribution in [0.25, 0.3) is 0 Å². The van der Waals surface area contributed by atoms with Gasteiger partial charge >= 0.3 is 0 Å². The van der Waals surface area contributed by atoms with Gasteiger partial charge < -0.3 is 10.2 Å². The number of anilines is 1. The molecule has 0 spiro atoms. The molecule has 1 heterocycles. The Labute approximate surface area is 105 Å². The summed E-state index contributed by atoms with van der Waals surface area (Å²) in [5.41, 5.74) is 0. The molecule has 0 aliphatic rings. The average molecular weight is 260 g/mol. The highest BCUT2D eigenvalue weighted by Gasteiger charge is 2.15. The first-order chi connectivity index (χ1) is 8.08. The van der Waals surface area contributed by atoms with Crippen LogP contribution in [0.5, 0.6) is 0 Å². The molecule has 0 saturated heterocycles. The number of hydrogen-bond acceptors (Lipinski definition) is 3. The summed E-state index contributed by atoms with van der Waals surface area (Å²) in [7, 11) is 0. The zero-order valence-electron chi connectivity index (χ0n) is 9.83. The highest BCUT2D eigenvalue weighted by atomic mass is 35.5. The van der Waals surface area contributed by atoms with Crippen LogP contribution in [0.2, 0.25) is 5.02 Å². The Morgan fingerprint density at radius 3 is 2.82 bits per heavy atom. The topological polar surface area (TPSA) is 45.2 Å². The summed E-state index contributed by atoms with van der Waals surface area (Å²) in [6.07, 6.45) is 1.36. The smallest absolute Gasteiger partial charge is 0.239 e. The monoisotopic (exact) mass is 259 g/mol. The van der Waals surface area contributed by atoms with Gasteiger partial charge in [0.05, 0.1) is 11.6 Å². The van der Waals surface area contributed by atoms with Gasteiger partial charge in [-0.25, -0.2) is 9.37 Å². The largest absolute Gasteiger partial charge is 0.355 e. The molecule has 0 atom stereocenters. The maximum atomic E-state index is 13.6. The summed E-state index contributed by atoms with van der Waals surface area (Å²) < 4.78 is 13.6. The Kier molecular flexibility index (Phi) is 5.15. The molecule has 6 heteroatoms. The maximum Gasteiger partial charge on any atom is 0.239 e. The minimum atomic E-state index is -0.524. The van der Waals surface area contributed by atoms with Crippen molar-refractivity contribution in [2.45, 2.75) is 13.8 Å². The lowest BCUT2D eigenvalue weighted by Crippen LogP contribution is -2.37. The van der Waals surface area contributed by atoms with E-state index in [1.54, 1.807) is 4.90 Å². The molecule has 0 saturated carbocycles. The quantitative estimate of drug-likeness (QED) is 0.878. The summed E-state index contributed by atoms with van der Waals surface area (Å²) in [6, 6.07) is 1.18. The van der Waals surface area contributed by atoms with E-state index in [-0.39, 0.29) is 23.3 Å². The molecule has 0 radical (unpaired) electrons. The molecule has 0 bridgehead atoms. The van der Waals surface area contributed by atoms with Crippen LogP contribution in [0.1, 0.15) is 13.8 Å². The zero-order valence-corrected chi connectivity index (χ0v) is 10.6. The van der Waals surface area contributed by atoms with Crippen LogP contribution in [0.4, 0.5) is 10.2 Å². The van der Waals surface area contributed by atoms with Crippen LogP contribution in [0, 0.1) is 5.82 Å². The normalized spacial score (nSPS) is 10.1. The van der Waals surface area contributed by atoms with Crippen LogP contribution in [-0.4, -0.2) is 30.5 Å². The minimum Gasteiger partial charge on any atom is -0.355 e. The fourth-order valence-corrected chi connectivity index (χ4v) is 1.55. The number of nitrogens with one attached hydrogen (secondary N) is 1. The van der Waals surface area contributed by atoms with Crippen molar-refractivity contribution in [2.24, 2.45) is 0 Å². The molecular formula is C11H15ClFN3O. The van der Waals surface area contributed by atoms with Crippen LogP contribution in [0.3, 0.4) is 0 Å². The Morgan fingerprint density at radius 1 is 1.59 bits per heavy atom. The van der Waals surface area contributed by atoms with E-state index >= 15 is 0 Å². The van der Waals surface area contributed by atoms with Crippen LogP contribution in [-0.2, 0) is 4.79 Å². The maximum absolute atomic E-state index is 13.6. The summed E-state index contributed by atoms with van der Waals surface area (Å²) in [5, 5.41) is 2.89. The summed E-state index contributed by atoms with van der Waals surface area (Å²) in [4.78, 5) is 16.9. The van der Waals surface area contributed by atoms with Gasteiger partial charge in [-0.05, 0) is 19.9 Å². The molecule has 94 valence electrons. The lowest BCUT2D eigenvalue weighted by atomic mass is 10.3. The predicted octanol–water partition coefficient (Wildman–Crippen LogP) is 1.84. The number of carbonyl (C=O) groups is 1. The van der Waals surface area contributed by atoms with E-state index < -0.39 is 5.82 Å². The average Bonchev–Trinajstić information content (AvgIpc) is 2.27. The fourth-order valence-electron chi connectivity index (χ4n) is 1.40. The van der Waals surface area contributed by atoms with Gasteiger partial charge in [0.15, 0.2) is 11.6 Å². The van der Waals surface area contributed by atoms with Crippen molar-refractivity contribution in [1.29, 1.82) is 0 Å². The zero-order chi connectivity index (χ0) is 12.8. The van der Waals surface area contributed by atoms with Crippen molar-refractivity contribution >= 4 is 23.3 Å². The van der Waals surface area contributed by atoms with Gasteiger partial charge in [-0.2, -0.15) is 0 Å². The molecule has 1 rings (SSSR count). The lowest BCUT2D eigenvalue weighted by Gasteiger charge is -2.21. The van der Waals surface area contributed by atoms with E-state index in [9.17, 15) is 9.18 Å². The van der Waals surface area contributed by atoms with Crippen molar-refractivity contribution in [3.63, 3.8) is 0 Å². The molecule has 0 aliphatic heterocycles. The third kappa shape index (κ3) is 3.85. The number of amides is 1. The predicted molar refractivity (Wildman–Crippen MR) is 65.8 cm³/mol. The van der Waals surface area contributed by atoms with Crippen molar-refractivity contribution in [1.82, 2.24) is 10.3 Å². The number of rotatable bonds is 5. The fraction of sp³-hybridized carbons (Fsp3) is 0.455. The molecule has 0 fully saturated rings. The van der Waals surface area contributed by atoms with Gasteiger partial charge in [0, 0.05) is 19.3 Å². The summed E-state index contributed by atoms with van der Waals surface area (Å²) in [6.45, 7) is 4.77. The first-order valence-corrected chi connectivity index (χ1v) is 5.79. The minimum absolute atomic E-state index is 0.0793. The van der Waals surface area contributed by atoms with Crippen LogP contribution < -0.4 is 10.2 Å². The number of likely N-dealkylation sites (N-methyl/N-ethyl adjacent to an activating group) is 2. The van der Waals surface area contributed by atoms with Crippen molar-refractivity contribution in [3.8, 4) is 0 Å². The molecule has 0 aliphatic carbocycles. The number of hydrogen-bond donors (Lipinski definition) is 1. The van der Waals surface area contributed by atoms with Crippen molar-refractivity contribution < 1.29 is 9.18 Å². The van der Waals surface area contributed by atoms with Crippen molar-refractivity contribution in [3.05, 3.63) is 23.1 Å². The number of nitrogens with zero attached hydrogens (tertiary/aromatic N) is 2. The molecule has 1 aromatic rings. The lowest BCUT2D eigenvalue weighted by molar-refractivity contribution is -0.119. The van der Waals surface area contributed by atoms with E-state index in [2.05, 4.69) is 10.3 Å².